The molecule has 0 spiro atoms. The number of amides is 3. The average molecular weight is 559 g/mol. The number of benzene rings is 2. The van der Waals surface area contributed by atoms with Crippen molar-refractivity contribution in [3.8, 4) is 22.9 Å². The highest BCUT2D eigenvalue weighted by molar-refractivity contribution is 6.00. The van der Waals surface area contributed by atoms with Gasteiger partial charge in [-0.1, -0.05) is 38.5 Å². The number of pyridine rings is 1. The first-order valence-corrected chi connectivity index (χ1v) is 12.9. The van der Waals surface area contributed by atoms with Gasteiger partial charge in [0, 0.05) is 36.9 Å². The highest BCUT2D eigenvalue weighted by Crippen LogP contribution is 2.33. The minimum atomic E-state index is -0.462. The van der Waals surface area contributed by atoms with E-state index >= 15 is 0 Å². The molecule has 0 unspecified atom stereocenters. The molecule has 3 N–H and O–H groups in total. The second-order valence-electron chi connectivity index (χ2n) is 10.3. The van der Waals surface area contributed by atoms with E-state index < -0.39 is 6.03 Å². The highest BCUT2D eigenvalue weighted by Gasteiger charge is 2.22. The molecule has 4 aromatic rings. The van der Waals surface area contributed by atoms with Crippen LogP contribution in [0.1, 0.15) is 32.0 Å². The molecule has 0 aliphatic heterocycles. The number of anilines is 3. The van der Waals surface area contributed by atoms with Crippen LogP contribution in [0.15, 0.2) is 66.9 Å². The molecule has 4 rings (SSSR count). The van der Waals surface area contributed by atoms with Crippen molar-refractivity contribution in [3.05, 3.63) is 78.1 Å². The number of nitrogens with one attached hydrogen (secondary N) is 3. The highest BCUT2D eigenvalue weighted by atomic mass is 16.5. The zero-order chi connectivity index (χ0) is 29.6. The quantitative estimate of drug-likeness (QED) is 0.233. The molecule has 214 valence electrons. The first-order chi connectivity index (χ1) is 19.5. The van der Waals surface area contributed by atoms with Gasteiger partial charge in [0.15, 0.2) is 0 Å². The lowest BCUT2D eigenvalue weighted by atomic mass is 9.92. The van der Waals surface area contributed by atoms with Gasteiger partial charge in [0.05, 0.1) is 24.2 Å². The van der Waals surface area contributed by atoms with E-state index in [0.717, 1.165) is 16.9 Å². The van der Waals surface area contributed by atoms with Crippen LogP contribution in [0.5, 0.6) is 17.2 Å². The van der Waals surface area contributed by atoms with Crippen molar-refractivity contribution in [2.45, 2.75) is 33.1 Å². The Hall–Kier alpha value is -4.90. The van der Waals surface area contributed by atoms with Crippen LogP contribution >= 0.6 is 0 Å². The van der Waals surface area contributed by atoms with Crippen LogP contribution in [-0.4, -0.2) is 47.5 Å². The van der Waals surface area contributed by atoms with Gasteiger partial charge < -0.3 is 24.8 Å². The monoisotopic (exact) mass is 558 g/mol. The lowest BCUT2D eigenvalue weighted by Crippen LogP contribution is -2.21. The maximum atomic E-state index is 13.1. The molecule has 0 saturated carbocycles. The largest absolute Gasteiger partial charge is 0.494 e. The van der Waals surface area contributed by atoms with Gasteiger partial charge in [-0.05, 0) is 37.3 Å². The second kappa shape index (κ2) is 12.5. The first kappa shape index (κ1) is 29.1. The number of nitrogens with zero attached hydrogens (tertiary/aromatic N) is 3. The number of rotatable bonds is 9. The Kier molecular flexibility index (Phi) is 8.88. The summed E-state index contributed by atoms with van der Waals surface area (Å²) in [5, 5.41) is 13.1. The van der Waals surface area contributed by atoms with E-state index in [-0.39, 0.29) is 17.9 Å². The average Bonchev–Trinajstić information content (AvgIpc) is 3.34. The molecule has 0 aliphatic carbocycles. The topological polar surface area (TPSA) is 129 Å². The number of urea groups is 1. The van der Waals surface area contributed by atoms with Crippen molar-refractivity contribution in [2.24, 2.45) is 0 Å². The lowest BCUT2D eigenvalue weighted by Gasteiger charge is -2.14. The molecule has 2 heterocycles. The zero-order valence-corrected chi connectivity index (χ0v) is 23.9. The third-order valence-corrected chi connectivity index (χ3v) is 5.93. The Morgan fingerprint density at radius 3 is 2.32 bits per heavy atom. The molecule has 0 bridgehead atoms. The molecule has 41 heavy (non-hydrogen) atoms. The smallest absolute Gasteiger partial charge is 0.324 e. The van der Waals surface area contributed by atoms with Crippen LogP contribution in [-0.2, 0) is 14.9 Å². The Labute approximate surface area is 238 Å². The summed E-state index contributed by atoms with van der Waals surface area (Å²) >= 11 is 0. The van der Waals surface area contributed by atoms with E-state index in [1.54, 1.807) is 35.0 Å². The summed E-state index contributed by atoms with van der Waals surface area (Å²) in [7, 11) is 2.94. The maximum absolute atomic E-state index is 13.1. The van der Waals surface area contributed by atoms with E-state index in [2.05, 4.69) is 41.7 Å². The molecular formula is C30H34N6O5. The normalized spacial score (nSPS) is 11.1. The van der Waals surface area contributed by atoms with E-state index in [9.17, 15) is 9.59 Å². The third kappa shape index (κ3) is 7.61. The van der Waals surface area contributed by atoms with Gasteiger partial charge in [0.1, 0.15) is 35.5 Å². The first-order valence-electron chi connectivity index (χ1n) is 12.9. The number of hydrogen-bond donors (Lipinski definition) is 3. The van der Waals surface area contributed by atoms with E-state index in [1.807, 2.05) is 37.3 Å². The van der Waals surface area contributed by atoms with Crippen molar-refractivity contribution in [1.82, 2.24) is 14.8 Å². The number of hydrogen-bond acceptors (Lipinski definition) is 7. The summed E-state index contributed by atoms with van der Waals surface area (Å²) in [6.07, 6.45) is 1.52. The van der Waals surface area contributed by atoms with Crippen molar-refractivity contribution < 1.29 is 23.8 Å². The Bertz CT molecular complexity index is 1530. The molecule has 11 nitrogen and oxygen atoms in total. The summed E-state index contributed by atoms with van der Waals surface area (Å²) < 4.78 is 18.0. The molecule has 0 atom stereocenters. The fraction of sp³-hybridized carbons (Fsp3) is 0.267. The molecular weight excluding hydrogens is 524 g/mol. The lowest BCUT2D eigenvalue weighted by molar-refractivity contribution is -0.119. The van der Waals surface area contributed by atoms with E-state index in [1.165, 1.54) is 20.4 Å². The van der Waals surface area contributed by atoms with Crippen molar-refractivity contribution >= 4 is 29.3 Å². The number of carbonyl (C=O) groups excluding carboxylic acids is 2. The van der Waals surface area contributed by atoms with Crippen LogP contribution in [0.25, 0.3) is 5.69 Å². The van der Waals surface area contributed by atoms with Gasteiger partial charge in [0.25, 0.3) is 5.91 Å². The fourth-order valence-corrected chi connectivity index (χ4v) is 3.82. The number of ether oxygens (including phenoxy) is 3. The van der Waals surface area contributed by atoms with Gasteiger partial charge >= 0.3 is 6.03 Å². The molecule has 0 aliphatic rings. The predicted molar refractivity (Wildman–Crippen MR) is 157 cm³/mol. The summed E-state index contributed by atoms with van der Waals surface area (Å²) in [5.41, 5.74) is 3.02. The molecule has 0 radical (unpaired) electrons. The molecule has 3 amide bonds. The van der Waals surface area contributed by atoms with Crippen molar-refractivity contribution in [2.75, 3.05) is 36.8 Å². The van der Waals surface area contributed by atoms with Crippen molar-refractivity contribution in [1.29, 1.82) is 0 Å². The standard InChI is InChI=1S/C30H34N6O5/c1-19-7-9-20(10-8-19)36-27(17-25(35-36)30(2,3)4)34-29(38)32-23-12-11-21(15-24(23)40-6)41-22-13-14-31-26(16-22)33-28(37)18-39-5/h7-17H,18H2,1-6H3,(H,31,33,37)(H2,32,34,38). The van der Waals surface area contributed by atoms with Crippen LogP contribution in [0.4, 0.5) is 22.1 Å². The maximum Gasteiger partial charge on any atom is 0.324 e. The molecule has 2 aromatic heterocycles. The molecule has 0 fully saturated rings. The Morgan fingerprint density at radius 2 is 1.63 bits per heavy atom. The van der Waals surface area contributed by atoms with Gasteiger partial charge in [-0.3, -0.25) is 10.1 Å². The summed E-state index contributed by atoms with van der Waals surface area (Å²) in [4.78, 5) is 29.0. The molecule has 0 saturated heterocycles. The number of aryl methyl sites for hydroxylation is 1. The molecule has 11 heteroatoms. The van der Waals surface area contributed by atoms with Crippen LogP contribution in [0.3, 0.4) is 0 Å². The van der Waals surface area contributed by atoms with Crippen LogP contribution < -0.4 is 25.4 Å². The van der Waals surface area contributed by atoms with Crippen LogP contribution in [0.2, 0.25) is 0 Å². The van der Waals surface area contributed by atoms with E-state index in [0.29, 0.717) is 34.6 Å². The molecule has 2 aromatic carbocycles. The van der Waals surface area contributed by atoms with Gasteiger partial charge in [0.2, 0.25) is 0 Å². The minimum Gasteiger partial charge on any atom is -0.494 e. The summed E-state index contributed by atoms with van der Waals surface area (Å²) in [5.74, 6) is 1.83. The van der Waals surface area contributed by atoms with Gasteiger partial charge in [-0.25, -0.2) is 14.5 Å². The van der Waals surface area contributed by atoms with E-state index in [4.69, 9.17) is 19.3 Å². The number of methoxy groups -OCH3 is 2. The number of aromatic nitrogens is 3. The third-order valence-electron chi connectivity index (χ3n) is 5.93. The zero-order valence-electron chi connectivity index (χ0n) is 23.9. The van der Waals surface area contributed by atoms with Crippen molar-refractivity contribution in [3.63, 3.8) is 0 Å². The van der Waals surface area contributed by atoms with Gasteiger partial charge in [-0.2, -0.15) is 5.10 Å². The minimum absolute atomic E-state index is 0.0853. The summed E-state index contributed by atoms with van der Waals surface area (Å²) in [6.45, 7) is 8.13. The fourth-order valence-electron chi connectivity index (χ4n) is 3.82. The second-order valence-corrected chi connectivity index (χ2v) is 10.3. The number of carbonyl (C=O) groups is 2. The Balaban J connectivity index is 1.49. The summed E-state index contributed by atoms with van der Waals surface area (Å²) in [6, 6.07) is 17.6. The predicted octanol–water partition coefficient (Wildman–Crippen LogP) is 5.90. The van der Waals surface area contributed by atoms with Crippen LogP contribution in [0, 0.1) is 6.92 Å². The Morgan fingerprint density at radius 1 is 0.902 bits per heavy atom. The SMILES string of the molecule is COCC(=O)Nc1cc(Oc2ccc(NC(=O)Nc3cc(C(C)(C)C)nn3-c3ccc(C)cc3)c(OC)c2)ccn1. The van der Waals surface area contributed by atoms with Gasteiger partial charge in [-0.15, -0.1) is 0 Å².